The SMILES string of the molecule is CCN1C=CN(C)C1=C([O-])N=C1C(F)=C(F)C(=C2C(F)=C(F)C(=NC(=O)c3n(CC)cc[n+]3C)C(F)=C2F)C(F)=C1F. The highest BCUT2D eigenvalue weighted by atomic mass is 19.2. The molecule has 0 bridgehead atoms. The first-order chi connectivity index (χ1) is 19.8. The Labute approximate surface area is 232 Å². The topological polar surface area (TPSA) is 80.1 Å². The number of nitrogens with zero attached hydrogens (tertiary/aromatic N) is 6. The van der Waals surface area contributed by atoms with Crippen LogP contribution in [0.1, 0.15) is 24.5 Å². The molecule has 0 saturated carbocycles. The molecule has 0 radical (unpaired) electrons. The van der Waals surface area contributed by atoms with Gasteiger partial charge in [-0.25, -0.2) is 44.3 Å². The predicted octanol–water partition coefficient (Wildman–Crippen LogP) is 4.51. The third-order valence-corrected chi connectivity index (χ3v) is 6.37. The quantitative estimate of drug-likeness (QED) is 0.290. The van der Waals surface area contributed by atoms with Gasteiger partial charge in [0.05, 0.1) is 24.7 Å². The molecule has 3 aliphatic rings. The summed E-state index contributed by atoms with van der Waals surface area (Å²) < 4.78 is 122. The van der Waals surface area contributed by atoms with Gasteiger partial charge in [-0.1, -0.05) is 0 Å². The van der Waals surface area contributed by atoms with Gasteiger partial charge in [0.2, 0.25) is 0 Å². The van der Waals surface area contributed by atoms with Gasteiger partial charge < -0.3 is 14.9 Å². The van der Waals surface area contributed by atoms with Crippen molar-refractivity contribution in [3.63, 3.8) is 0 Å². The number of rotatable bonds is 4. The highest BCUT2D eigenvalue weighted by Gasteiger charge is 2.42. The summed E-state index contributed by atoms with van der Waals surface area (Å²) in [6, 6.07) is 0. The second kappa shape index (κ2) is 11.3. The minimum Gasteiger partial charge on any atom is -0.856 e. The Kier molecular flexibility index (Phi) is 8.09. The van der Waals surface area contributed by atoms with Crippen LogP contribution in [-0.4, -0.2) is 45.3 Å². The number of hydrogen-bond donors (Lipinski definition) is 0. The van der Waals surface area contributed by atoms with Crippen LogP contribution in [0.25, 0.3) is 0 Å². The molecule has 1 aromatic heterocycles. The van der Waals surface area contributed by atoms with Gasteiger partial charge in [0.1, 0.15) is 29.6 Å². The largest absolute Gasteiger partial charge is 0.856 e. The molecule has 8 nitrogen and oxygen atoms in total. The summed E-state index contributed by atoms with van der Waals surface area (Å²) in [5.74, 6) is -22.6. The van der Waals surface area contributed by atoms with Crippen LogP contribution in [0.5, 0.6) is 0 Å². The average Bonchev–Trinajstić information content (AvgIpc) is 3.54. The van der Waals surface area contributed by atoms with Crippen molar-refractivity contribution in [1.29, 1.82) is 0 Å². The van der Waals surface area contributed by atoms with E-state index in [1.54, 1.807) is 13.8 Å². The van der Waals surface area contributed by atoms with Gasteiger partial charge in [-0.05, 0) is 13.8 Å². The lowest BCUT2D eigenvalue weighted by Gasteiger charge is -2.26. The molecule has 0 N–H and O–H groups in total. The first kappa shape index (κ1) is 30.2. The summed E-state index contributed by atoms with van der Waals surface area (Å²) in [5.41, 5.74) is -7.88. The van der Waals surface area contributed by atoms with Crippen LogP contribution in [0.4, 0.5) is 35.1 Å². The van der Waals surface area contributed by atoms with Crippen LogP contribution >= 0.6 is 0 Å². The van der Waals surface area contributed by atoms with Gasteiger partial charge >= 0.3 is 11.7 Å². The molecule has 0 spiro atoms. The number of aliphatic imine (C=N–C) groups is 2. The zero-order valence-corrected chi connectivity index (χ0v) is 22.2. The van der Waals surface area contributed by atoms with Crippen LogP contribution in [0.3, 0.4) is 0 Å². The predicted molar refractivity (Wildman–Crippen MR) is 131 cm³/mol. The van der Waals surface area contributed by atoms with Gasteiger partial charge in [-0.15, -0.1) is 0 Å². The number of hydrogen-bond acceptors (Lipinski definition) is 5. The number of halogens is 8. The van der Waals surface area contributed by atoms with E-state index in [1.807, 2.05) is 0 Å². The Bertz CT molecular complexity index is 1630. The lowest BCUT2D eigenvalue weighted by molar-refractivity contribution is -0.672. The van der Waals surface area contributed by atoms with Gasteiger partial charge in [-0.3, -0.25) is 9.79 Å². The van der Waals surface area contributed by atoms with E-state index in [0.29, 0.717) is 0 Å². The van der Waals surface area contributed by atoms with Crippen LogP contribution in [-0.2, 0) is 13.6 Å². The fraction of sp³-hybridized carbons (Fsp3) is 0.231. The number of amides is 1. The monoisotopic (exact) mass is 600 g/mol. The van der Waals surface area contributed by atoms with Crippen molar-refractivity contribution in [2.24, 2.45) is 17.0 Å². The number of carbonyl (C=O) groups excluding carboxylic acids is 1. The molecule has 0 saturated heterocycles. The molecule has 2 aliphatic carbocycles. The van der Waals surface area contributed by atoms with E-state index in [4.69, 9.17) is 0 Å². The molecular formula is C26H20F8N6O2. The summed E-state index contributed by atoms with van der Waals surface area (Å²) in [4.78, 5) is 21.3. The maximum absolute atomic E-state index is 15.0. The van der Waals surface area contributed by atoms with Crippen molar-refractivity contribution < 1.29 is 49.6 Å². The van der Waals surface area contributed by atoms with E-state index in [0.717, 1.165) is 0 Å². The fourth-order valence-electron chi connectivity index (χ4n) is 4.28. The Morgan fingerprint density at radius 3 is 1.71 bits per heavy atom. The molecular weight excluding hydrogens is 580 g/mol. The fourth-order valence-corrected chi connectivity index (χ4v) is 4.28. The van der Waals surface area contributed by atoms with Crippen LogP contribution in [0, 0.1) is 0 Å². The minimum absolute atomic E-state index is 0.206. The second-order valence-corrected chi connectivity index (χ2v) is 8.83. The standard InChI is InChI=1S/C26H20F8N6O2/c1-5-39-9-7-37(3)25(39)23(41)35-21-17(31)13(27)11(14(28)18(21)32)12-15(29)19(33)22(20(34)16(12)30)36-24(42)26-38(4)8-10-40(26)6-2/h7-10H,5-6H2,1-4H3. The van der Waals surface area contributed by atoms with Crippen molar-refractivity contribution in [3.05, 3.63) is 100 Å². The van der Waals surface area contributed by atoms with E-state index in [1.165, 1.54) is 57.8 Å². The molecule has 2 heterocycles. The van der Waals surface area contributed by atoms with Gasteiger partial charge in [0.15, 0.2) is 46.6 Å². The number of allylic oxidation sites excluding steroid dienone is 10. The third-order valence-electron chi connectivity index (χ3n) is 6.37. The Morgan fingerprint density at radius 1 is 0.786 bits per heavy atom. The van der Waals surface area contributed by atoms with E-state index in [-0.39, 0.29) is 24.7 Å². The Hall–Kier alpha value is -4.76. The normalized spacial score (nSPS) is 19.3. The molecule has 1 aliphatic heterocycles. The lowest BCUT2D eigenvalue weighted by atomic mass is 9.93. The molecule has 222 valence electrons. The summed E-state index contributed by atoms with van der Waals surface area (Å²) in [6.45, 7) is 3.64. The Balaban J connectivity index is 1.86. The first-order valence-corrected chi connectivity index (χ1v) is 12.1. The number of aryl methyl sites for hydroxylation is 2. The summed E-state index contributed by atoms with van der Waals surface area (Å²) in [7, 11) is 2.76. The van der Waals surface area contributed by atoms with Crippen molar-refractivity contribution >= 4 is 17.3 Å². The highest BCUT2D eigenvalue weighted by Crippen LogP contribution is 2.46. The second-order valence-electron chi connectivity index (χ2n) is 8.83. The van der Waals surface area contributed by atoms with Crippen molar-refractivity contribution in [1.82, 2.24) is 14.4 Å². The number of imidazole rings is 1. The molecule has 0 unspecified atom stereocenters. The lowest BCUT2D eigenvalue weighted by Crippen LogP contribution is -2.35. The van der Waals surface area contributed by atoms with Crippen molar-refractivity contribution in [2.45, 2.75) is 20.4 Å². The number of aromatic nitrogens is 2. The van der Waals surface area contributed by atoms with E-state index in [2.05, 4.69) is 9.98 Å². The van der Waals surface area contributed by atoms with Gasteiger partial charge in [0, 0.05) is 31.9 Å². The summed E-state index contributed by atoms with van der Waals surface area (Å²) >= 11 is 0. The molecule has 16 heteroatoms. The van der Waals surface area contributed by atoms with Crippen LogP contribution in [0.15, 0.2) is 104 Å². The minimum atomic E-state index is -2.50. The zero-order chi connectivity index (χ0) is 31.2. The molecule has 0 atom stereocenters. The van der Waals surface area contributed by atoms with Crippen LogP contribution < -0.4 is 9.67 Å². The third kappa shape index (κ3) is 4.75. The molecule has 1 amide bonds. The van der Waals surface area contributed by atoms with E-state index in [9.17, 15) is 27.5 Å². The molecule has 1 aromatic rings. The zero-order valence-electron chi connectivity index (χ0n) is 22.2. The van der Waals surface area contributed by atoms with Crippen molar-refractivity contribution in [3.8, 4) is 0 Å². The van der Waals surface area contributed by atoms with Gasteiger partial charge in [0.25, 0.3) is 0 Å². The average molecular weight is 600 g/mol. The van der Waals surface area contributed by atoms with E-state index >= 15 is 17.6 Å². The summed E-state index contributed by atoms with van der Waals surface area (Å²) in [6.07, 6.45) is 5.62. The summed E-state index contributed by atoms with van der Waals surface area (Å²) in [5, 5.41) is 12.6. The maximum atomic E-state index is 15.0. The molecule has 0 aromatic carbocycles. The van der Waals surface area contributed by atoms with Crippen LogP contribution in [0.2, 0.25) is 0 Å². The first-order valence-electron chi connectivity index (χ1n) is 12.1. The smallest absolute Gasteiger partial charge is 0.360 e. The Morgan fingerprint density at radius 2 is 1.26 bits per heavy atom. The van der Waals surface area contributed by atoms with Gasteiger partial charge in [-0.2, -0.15) is 4.99 Å². The highest BCUT2D eigenvalue weighted by molar-refractivity contribution is 6.18. The molecule has 0 fully saturated rings. The van der Waals surface area contributed by atoms with E-state index < -0.39 is 81.0 Å². The molecule has 42 heavy (non-hydrogen) atoms. The molecule has 4 rings (SSSR count). The maximum Gasteiger partial charge on any atom is 0.360 e. The number of carbonyl (C=O) groups is 1. The van der Waals surface area contributed by atoms with Crippen molar-refractivity contribution in [2.75, 3.05) is 13.6 Å².